The normalized spacial score (nSPS) is 13.4. The molecule has 0 aliphatic rings. The molecule has 2 aromatic rings. The molecule has 0 spiro atoms. The highest BCUT2D eigenvalue weighted by Gasteiger charge is 2.07. The molecule has 2 rings (SSSR count). The van der Waals surface area contributed by atoms with Crippen molar-refractivity contribution in [2.45, 2.75) is 19.4 Å². The number of benzene rings is 1. The number of hydrogen-bond acceptors (Lipinski definition) is 2. The number of para-hydroxylation sites is 1. The van der Waals surface area contributed by atoms with Crippen LogP contribution in [0.1, 0.15) is 12.7 Å². The molecule has 0 aliphatic carbocycles. The fourth-order valence-corrected chi connectivity index (χ4v) is 1.96. The summed E-state index contributed by atoms with van der Waals surface area (Å²) in [4.78, 5) is 0. The van der Waals surface area contributed by atoms with Crippen LogP contribution in [0.4, 0.5) is 0 Å². The number of halogens is 1. The summed E-state index contributed by atoms with van der Waals surface area (Å²) in [6.07, 6.45) is 0.779. The van der Waals surface area contributed by atoms with E-state index in [0.717, 1.165) is 27.6 Å². The molecule has 1 unspecified atom stereocenters. The van der Waals surface area contributed by atoms with Crippen molar-refractivity contribution < 1.29 is 4.42 Å². The molecule has 1 atom stereocenters. The van der Waals surface area contributed by atoms with E-state index in [4.69, 9.17) is 10.2 Å². The van der Waals surface area contributed by atoms with Crippen molar-refractivity contribution in [1.29, 1.82) is 0 Å². The summed E-state index contributed by atoms with van der Waals surface area (Å²) in [6.45, 7) is 1.97. The minimum Gasteiger partial charge on any atom is -0.460 e. The zero-order chi connectivity index (χ0) is 10.1. The minimum atomic E-state index is 0.134. The smallest absolute Gasteiger partial charge is 0.148 e. The van der Waals surface area contributed by atoms with Gasteiger partial charge in [0.2, 0.25) is 0 Å². The molecule has 2 nitrogen and oxygen atoms in total. The number of rotatable bonds is 2. The van der Waals surface area contributed by atoms with Crippen LogP contribution in [0, 0.1) is 0 Å². The summed E-state index contributed by atoms with van der Waals surface area (Å²) < 4.78 is 6.67. The van der Waals surface area contributed by atoms with Crippen molar-refractivity contribution in [2.24, 2.45) is 5.73 Å². The molecular weight excluding hydrogens is 242 g/mol. The highest BCUT2D eigenvalue weighted by atomic mass is 79.9. The first kappa shape index (κ1) is 9.74. The molecule has 0 amide bonds. The lowest BCUT2D eigenvalue weighted by molar-refractivity contribution is 0.524. The number of hydrogen-bond donors (Lipinski definition) is 1. The maximum Gasteiger partial charge on any atom is 0.148 e. The SMILES string of the molecule is CC(N)Cc1cc2cccc(Br)c2o1. The van der Waals surface area contributed by atoms with Crippen LogP contribution in [0.25, 0.3) is 11.0 Å². The van der Waals surface area contributed by atoms with E-state index in [1.807, 2.05) is 31.2 Å². The van der Waals surface area contributed by atoms with E-state index in [-0.39, 0.29) is 6.04 Å². The maximum absolute atomic E-state index is 5.71. The third kappa shape index (κ3) is 1.83. The van der Waals surface area contributed by atoms with Crippen LogP contribution in [0.2, 0.25) is 0 Å². The quantitative estimate of drug-likeness (QED) is 0.894. The molecule has 0 fully saturated rings. The van der Waals surface area contributed by atoms with Gasteiger partial charge in [0.25, 0.3) is 0 Å². The van der Waals surface area contributed by atoms with Crippen LogP contribution in [0.15, 0.2) is 33.2 Å². The second kappa shape index (κ2) is 3.75. The first-order valence-electron chi connectivity index (χ1n) is 4.59. The van der Waals surface area contributed by atoms with Crippen LogP contribution in [-0.4, -0.2) is 6.04 Å². The van der Waals surface area contributed by atoms with E-state index < -0.39 is 0 Å². The number of nitrogens with two attached hydrogens (primary N) is 1. The van der Waals surface area contributed by atoms with Gasteiger partial charge in [-0.15, -0.1) is 0 Å². The van der Waals surface area contributed by atoms with Crippen molar-refractivity contribution >= 4 is 26.9 Å². The first-order valence-corrected chi connectivity index (χ1v) is 5.38. The molecule has 1 heterocycles. The van der Waals surface area contributed by atoms with Gasteiger partial charge in [0.15, 0.2) is 0 Å². The predicted octanol–water partition coefficient (Wildman–Crippen LogP) is 3.09. The highest BCUT2D eigenvalue weighted by Crippen LogP contribution is 2.27. The summed E-state index contributed by atoms with van der Waals surface area (Å²) in [5.41, 5.74) is 6.62. The predicted molar refractivity (Wildman–Crippen MR) is 61.3 cm³/mol. The van der Waals surface area contributed by atoms with Crippen LogP contribution >= 0.6 is 15.9 Å². The van der Waals surface area contributed by atoms with Gasteiger partial charge < -0.3 is 10.2 Å². The molecule has 0 bridgehead atoms. The molecule has 0 aliphatic heterocycles. The Bertz CT molecular complexity index is 447. The molecule has 0 saturated carbocycles. The van der Waals surface area contributed by atoms with Crippen molar-refractivity contribution in [1.82, 2.24) is 0 Å². The van der Waals surface area contributed by atoms with Crippen molar-refractivity contribution in [3.63, 3.8) is 0 Å². The molecule has 2 N–H and O–H groups in total. The zero-order valence-corrected chi connectivity index (χ0v) is 9.54. The lowest BCUT2D eigenvalue weighted by Crippen LogP contribution is -2.17. The second-order valence-corrected chi connectivity index (χ2v) is 4.41. The van der Waals surface area contributed by atoms with Crippen LogP contribution in [-0.2, 0) is 6.42 Å². The highest BCUT2D eigenvalue weighted by molar-refractivity contribution is 9.10. The van der Waals surface area contributed by atoms with E-state index in [0.29, 0.717) is 0 Å². The zero-order valence-electron chi connectivity index (χ0n) is 7.96. The van der Waals surface area contributed by atoms with Gasteiger partial charge in [-0.3, -0.25) is 0 Å². The third-order valence-corrected chi connectivity index (χ3v) is 2.69. The summed E-state index contributed by atoms with van der Waals surface area (Å²) in [5.74, 6) is 0.946. The van der Waals surface area contributed by atoms with Crippen LogP contribution in [0.5, 0.6) is 0 Å². The largest absolute Gasteiger partial charge is 0.460 e. The van der Waals surface area contributed by atoms with Gasteiger partial charge in [-0.2, -0.15) is 0 Å². The van der Waals surface area contributed by atoms with Gasteiger partial charge in [-0.1, -0.05) is 12.1 Å². The fourth-order valence-electron chi connectivity index (χ4n) is 1.50. The Morgan fingerprint density at radius 3 is 2.93 bits per heavy atom. The average molecular weight is 254 g/mol. The molecule has 0 radical (unpaired) electrons. The van der Waals surface area contributed by atoms with E-state index in [1.165, 1.54) is 0 Å². The second-order valence-electron chi connectivity index (χ2n) is 3.55. The van der Waals surface area contributed by atoms with Crippen molar-refractivity contribution in [3.8, 4) is 0 Å². The molecule has 0 saturated heterocycles. The Hall–Kier alpha value is -0.800. The Balaban J connectivity index is 2.46. The maximum atomic E-state index is 5.71. The van der Waals surface area contributed by atoms with Crippen LogP contribution in [0.3, 0.4) is 0 Å². The Labute approximate surface area is 91.2 Å². The third-order valence-electron chi connectivity index (χ3n) is 2.07. The summed E-state index contributed by atoms with van der Waals surface area (Å²) >= 11 is 3.45. The number of fused-ring (bicyclic) bond motifs is 1. The summed E-state index contributed by atoms with van der Waals surface area (Å²) in [5, 5.41) is 1.12. The lowest BCUT2D eigenvalue weighted by atomic mass is 10.2. The lowest BCUT2D eigenvalue weighted by Gasteiger charge is -1.99. The van der Waals surface area contributed by atoms with Gasteiger partial charge in [-0.25, -0.2) is 0 Å². The van der Waals surface area contributed by atoms with E-state index in [9.17, 15) is 0 Å². The Morgan fingerprint density at radius 1 is 1.50 bits per heavy atom. The van der Waals surface area contributed by atoms with Crippen molar-refractivity contribution in [3.05, 3.63) is 34.5 Å². The van der Waals surface area contributed by atoms with Gasteiger partial charge in [-0.05, 0) is 35.0 Å². The molecule has 14 heavy (non-hydrogen) atoms. The summed E-state index contributed by atoms with van der Waals surface area (Å²) in [6, 6.07) is 8.19. The van der Waals surface area contributed by atoms with Gasteiger partial charge in [0.1, 0.15) is 11.3 Å². The molecule has 1 aromatic carbocycles. The number of furan rings is 1. The van der Waals surface area contributed by atoms with Gasteiger partial charge >= 0.3 is 0 Å². The molecule has 1 aromatic heterocycles. The Morgan fingerprint density at radius 2 is 2.29 bits per heavy atom. The molecule has 3 heteroatoms. The van der Waals surface area contributed by atoms with E-state index >= 15 is 0 Å². The monoisotopic (exact) mass is 253 g/mol. The van der Waals surface area contributed by atoms with Crippen molar-refractivity contribution in [2.75, 3.05) is 0 Å². The van der Waals surface area contributed by atoms with Crippen LogP contribution < -0.4 is 5.73 Å². The fraction of sp³-hybridized carbons (Fsp3) is 0.273. The van der Waals surface area contributed by atoms with E-state index in [1.54, 1.807) is 0 Å². The summed E-state index contributed by atoms with van der Waals surface area (Å²) in [7, 11) is 0. The Kier molecular flexibility index (Phi) is 2.61. The van der Waals surface area contributed by atoms with Gasteiger partial charge in [0, 0.05) is 17.8 Å². The average Bonchev–Trinajstić information content (AvgIpc) is 2.47. The standard InChI is InChI=1S/C11H12BrNO/c1-7(13)5-9-6-8-3-2-4-10(12)11(8)14-9/h2-4,6-7H,5,13H2,1H3. The van der Waals surface area contributed by atoms with E-state index in [2.05, 4.69) is 15.9 Å². The minimum absolute atomic E-state index is 0.134. The first-order chi connectivity index (χ1) is 6.66. The van der Waals surface area contributed by atoms with Gasteiger partial charge in [0.05, 0.1) is 4.47 Å². The topological polar surface area (TPSA) is 39.2 Å². The molecule has 74 valence electrons. The molecular formula is C11H12BrNO.